The molecule has 1 rings (SSSR count). The number of benzene rings is 1. The van der Waals surface area contributed by atoms with Crippen molar-refractivity contribution in [1.82, 2.24) is 4.31 Å². The molecule has 0 aliphatic heterocycles. The Morgan fingerprint density at radius 1 is 1.30 bits per heavy atom. The van der Waals surface area contributed by atoms with Gasteiger partial charge in [-0.1, -0.05) is 23.2 Å². The summed E-state index contributed by atoms with van der Waals surface area (Å²) in [5.74, 6) is 0. The van der Waals surface area contributed by atoms with Crippen molar-refractivity contribution in [1.29, 1.82) is 0 Å². The van der Waals surface area contributed by atoms with Crippen molar-refractivity contribution in [3.8, 4) is 0 Å². The summed E-state index contributed by atoms with van der Waals surface area (Å²) in [6, 6.07) is 1.63. The van der Waals surface area contributed by atoms with Crippen LogP contribution in [0, 0.1) is 13.8 Å². The number of hydrogen-bond donors (Lipinski definition) is 1. The fraction of sp³-hybridized carbons (Fsp3) is 0.538. The van der Waals surface area contributed by atoms with Crippen LogP contribution >= 0.6 is 23.2 Å². The lowest BCUT2D eigenvalue weighted by Gasteiger charge is -2.26. The minimum absolute atomic E-state index is 0.00378. The number of nitrogens with zero attached hydrogens (tertiary/aromatic N) is 1. The van der Waals surface area contributed by atoms with Crippen LogP contribution in [0.25, 0.3) is 0 Å². The number of likely N-dealkylation sites (N-methyl/N-ethyl adjacent to an activating group) is 1. The van der Waals surface area contributed by atoms with Crippen molar-refractivity contribution in [3.05, 3.63) is 27.2 Å². The molecule has 0 spiro atoms. The minimum atomic E-state index is -3.82. The summed E-state index contributed by atoms with van der Waals surface area (Å²) in [6.45, 7) is 6.34. The molecule has 4 nitrogen and oxygen atoms in total. The zero-order valence-electron chi connectivity index (χ0n) is 12.2. The number of aryl methyl sites for hydroxylation is 1. The smallest absolute Gasteiger partial charge is 0.244 e. The predicted molar refractivity (Wildman–Crippen MR) is 82.0 cm³/mol. The molecule has 1 aromatic rings. The van der Waals surface area contributed by atoms with Gasteiger partial charge in [-0.25, -0.2) is 8.42 Å². The molecule has 0 atom stereocenters. The van der Waals surface area contributed by atoms with E-state index in [1.165, 1.54) is 20.9 Å². The number of sulfonamides is 1. The summed E-state index contributed by atoms with van der Waals surface area (Å²) >= 11 is 12.2. The van der Waals surface area contributed by atoms with Gasteiger partial charge in [0.05, 0.1) is 10.6 Å². The summed E-state index contributed by atoms with van der Waals surface area (Å²) in [7, 11) is -2.42. The summed E-state index contributed by atoms with van der Waals surface area (Å²) in [6.07, 6.45) is 0. The molecule has 0 saturated carbocycles. The Morgan fingerprint density at radius 3 is 2.25 bits per heavy atom. The standard InChI is InChI=1S/C13H19Cl2NO3S/c1-8-6-10(14)9(2)12(11(8)15)20(18,19)16(5)7-13(3,4)17/h6,17H,7H2,1-5H3. The van der Waals surface area contributed by atoms with E-state index < -0.39 is 15.6 Å². The van der Waals surface area contributed by atoms with E-state index in [9.17, 15) is 13.5 Å². The van der Waals surface area contributed by atoms with Gasteiger partial charge in [0.15, 0.2) is 0 Å². The van der Waals surface area contributed by atoms with E-state index >= 15 is 0 Å². The summed E-state index contributed by atoms with van der Waals surface area (Å²) < 4.78 is 26.3. The van der Waals surface area contributed by atoms with Gasteiger partial charge >= 0.3 is 0 Å². The number of aliphatic hydroxyl groups is 1. The lowest BCUT2D eigenvalue weighted by Crippen LogP contribution is -2.40. The predicted octanol–water partition coefficient (Wildman–Crippen LogP) is 3.00. The molecule has 0 heterocycles. The van der Waals surface area contributed by atoms with Crippen LogP contribution in [0.4, 0.5) is 0 Å². The van der Waals surface area contributed by atoms with Crippen molar-refractivity contribution in [2.45, 2.75) is 38.2 Å². The fourth-order valence-electron chi connectivity index (χ4n) is 1.91. The molecule has 7 heteroatoms. The lowest BCUT2D eigenvalue weighted by atomic mass is 10.1. The second-order valence-electron chi connectivity index (χ2n) is 5.52. The molecule has 1 aromatic carbocycles. The SMILES string of the molecule is Cc1cc(Cl)c(C)c(S(=O)(=O)N(C)CC(C)(C)O)c1Cl. The monoisotopic (exact) mass is 339 g/mol. The fourth-order valence-corrected chi connectivity index (χ4v) is 4.39. The summed E-state index contributed by atoms with van der Waals surface area (Å²) in [5.41, 5.74) is -0.141. The lowest BCUT2D eigenvalue weighted by molar-refractivity contribution is 0.0640. The Bertz CT molecular complexity index is 595. The maximum Gasteiger partial charge on any atom is 0.244 e. The topological polar surface area (TPSA) is 57.6 Å². The first-order chi connectivity index (χ1) is 8.88. The molecule has 0 unspecified atom stereocenters. The Morgan fingerprint density at radius 2 is 1.80 bits per heavy atom. The first-order valence-corrected chi connectivity index (χ1v) is 8.21. The van der Waals surface area contributed by atoms with Gasteiger partial charge in [-0.15, -0.1) is 0 Å². The van der Waals surface area contributed by atoms with E-state index in [1.807, 2.05) is 0 Å². The molecule has 0 saturated heterocycles. The van der Waals surface area contributed by atoms with E-state index in [-0.39, 0.29) is 16.5 Å². The molecular weight excluding hydrogens is 321 g/mol. The highest BCUT2D eigenvalue weighted by molar-refractivity contribution is 7.89. The highest BCUT2D eigenvalue weighted by Crippen LogP contribution is 2.35. The van der Waals surface area contributed by atoms with Gasteiger partial charge in [0.2, 0.25) is 10.0 Å². The number of halogens is 2. The third kappa shape index (κ3) is 3.65. The largest absolute Gasteiger partial charge is 0.389 e. The van der Waals surface area contributed by atoms with Crippen LogP contribution < -0.4 is 0 Å². The van der Waals surface area contributed by atoms with Gasteiger partial charge in [0.25, 0.3) is 0 Å². The van der Waals surface area contributed by atoms with E-state index in [1.54, 1.807) is 19.9 Å². The summed E-state index contributed by atoms with van der Waals surface area (Å²) in [4.78, 5) is -0.00378. The zero-order chi connectivity index (χ0) is 15.9. The molecule has 0 aliphatic carbocycles. The van der Waals surface area contributed by atoms with Crippen LogP contribution in [-0.2, 0) is 10.0 Å². The van der Waals surface area contributed by atoms with E-state index in [0.29, 0.717) is 16.1 Å². The van der Waals surface area contributed by atoms with Crippen molar-refractivity contribution >= 4 is 33.2 Å². The van der Waals surface area contributed by atoms with Crippen LogP contribution in [0.2, 0.25) is 10.0 Å². The Labute approximate surface area is 130 Å². The van der Waals surface area contributed by atoms with Crippen molar-refractivity contribution in [3.63, 3.8) is 0 Å². The molecule has 0 amide bonds. The zero-order valence-corrected chi connectivity index (χ0v) is 14.5. The van der Waals surface area contributed by atoms with Crippen LogP contribution in [0.3, 0.4) is 0 Å². The van der Waals surface area contributed by atoms with Gasteiger partial charge < -0.3 is 5.11 Å². The quantitative estimate of drug-likeness (QED) is 0.917. The molecular formula is C13H19Cl2NO3S. The first-order valence-electron chi connectivity index (χ1n) is 6.02. The van der Waals surface area contributed by atoms with Gasteiger partial charge in [-0.05, 0) is 44.9 Å². The second kappa shape index (κ2) is 5.81. The van der Waals surface area contributed by atoms with Gasteiger partial charge in [0, 0.05) is 18.6 Å². The van der Waals surface area contributed by atoms with E-state index in [4.69, 9.17) is 23.2 Å². The molecule has 20 heavy (non-hydrogen) atoms. The van der Waals surface area contributed by atoms with Crippen LogP contribution in [0.15, 0.2) is 11.0 Å². The highest BCUT2D eigenvalue weighted by Gasteiger charge is 2.30. The third-order valence-electron chi connectivity index (χ3n) is 2.87. The molecule has 0 bridgehead atoms. The Balaban J connectivity index is 3.44. The number of hydrogen-bond acceptors (Lipinski definition) is 3. The van der Waals surface area contributed by atoms with Crippen LogP contribution in [0.1, 0.15) is 25.0 Å². The summed E-state index contributed by atoms with van der Waals surface area (Å²) in [5, 5.41) is 10.3. The normalized spacial score (nSPS) is 13.1. The van der Waals surface area contributed by atoms with Crippen LogP contribution in [0.5, 0.6) is 0 Å². The average Bonchev–Trinajstić information content (AvgIpc) is 2.24. The van der Waals surface area contributed by atoms with E-state index in [0.717, 1.165) is 4.31 Å². The third-order valence-corrected chi connectivity index (χ3v) is 5.83. The average molecular weight is 340 g/mol. The first kappa shape index (κ1) is 17.7. The minimum Gasteiger partial charge on any atom is -0.389 e. The Hall–Kier alpha value is -0.330. The molecule has 0 fully saturated rings. The van der Waals surface area contributed by atoms with Crippen LogP contribution in [-0.4, -0.2) is 37.0 Å². The molecule has 114 valence electrons. The Kier molecular flexibility index (Phi) is 5.15. The molecule has 0 aromatic heterocycles. The van der Waals surface area contributed by atoms with Gasteiger partial charge in [-0.2, -0.15) is 4.31 Å². The van der Waals surface area contributed by atoms with Gasteiger partial charge in [0.1, 0.15) is 4.90 Å². The maximum absolute atomic E-state index is 12.6. The van der Waals surface area contributed by atoms with Crippen molar-refractivity contribution < 1.29 is 13.5 Å². The van der Waals surface area contributed by atoms with Gasteiger partial charge in [-0.3, -0.25) is 0 Å². The maximum atomic E-state index is 12.6. The highest BCUT2D eigenvalue weighted by atomic mass is 35.5. The van der Waals surface area contributed by atoms with Crippen molar-refractivity contribution in [2.75, 3.05) is 13.6 Å². The second-order valence-corrected chi connectivity index (χ2v) is 8.28. The van der Waals surface area contributed by atoms with Crippen molar-refractivity contribution in [2.24, 2.45) is 0 Å². The molecule has 0 radical (unpaired) electrons. The molecule has 1 N–H and O–H groups in total. The number of rotatable bonds is 4. The molecule has 0 aliphatic rings. The van der Waals surface area contributed by atoms with E-state index in [2.05, 4.69) is 0 Å².